The number of halogens is 1. The van der Waals surface area contributed by atoms with E-state index in [9.17, 15) is 9.18 Å². The Bertz CT molecular complexity index is 814. The van der Waals surface area contributed by atoms with Gasteiger partial charge in [0, 0.05) is 11.6 Å². The predicted octanol–water partition coefficient (Wildman–Crippen LogP) is 2.30. The molecule has 0 aliphatic carbocycles. The number of rotatable bonds is 5. The van der Waals surface area contributed by atoms with Gasteiger partial charge in [-0.2, -0.15) is 4.98 Å². The van der Waals surface area contributed by atoms with Crippen LogP contribution in [0.3, 0.4) is 0 Å². The van der Waals surface area contributed by atoms with E-state index in [1.165, 1.54) is 17.0 Å². The first-order valence-corrected chi connectivity index (χ1v) is 6.95. The highest BCUT2D eigenvalue weighted by atomic mass is 19.1. The average molecular weight is 316 g/mol. The first kappa shape index (κ1) is 14.9. The molecule has 0 spiro atoms. The van der Waals surface area contributed by atoms with Crippen molar-refractivity contribution in [3.05, 3.63) is 53.8 Å². The zero-order chi connectivity index (χ0) is 16.2. The van der Waals surface area contributed by atoms with Gasteiger partial charge in [-0.3, -0.25) is 0 Å². The number of benzene rings is 1. The summed E-state index contributed by atoms with van der Waals surface area (Å²) in [5.41, 5.74) is 0.807. The van der Waals surface area contributed by atoms with Crippen LogP contribution in [0, 0.1) is 5.82 Å². The number of aromatic nitrogens is 4. The highest BCUT2D eigenvalue weighted by Crippen LogP contribution is 2.18. The molecule has 0 atom stereocenters. The zero-order valence-electron chi connectivity index (χ0n) is 12.3. The summed E-state index contributed by atoms with van der Waals surface area (Å²) in [4.78, 5) is 16.0. The quantitative estimate of drug-likeness (QED) is 0.672. The summed E-state index contributed by atoms with van der Waals surface area (Å²) in [6, 6.07) is 7.89. The van der Waals surface area contributed by atoms with Crippen molar-refractivity contribution >= 4 is 5.97 Å². The lowest BCUT2D eigenvalue weighted by Crippen LogP contribution is -2.09. The minimum Gasteiger partial charge on any atom is -0.460 e. The van der Waals surface area contributed by atoms with Gasteiger partial charge in [-0.25, -0.2) is 13.9 Å². The van der Waals surface area contributed by atoms with E-state index in [0.29, 0.717) is 17.1 Å². The summed E-state index contributed by atoms with van der Waals surface area (Å²) < 4.78 is 24.9. The van der Waals surface area contributed by atoms with Crippen molar-refractivity contribution in [3.63, 3.8) is 0 Å². The lowest BCUT2D eigenvalue weighted by Gasteiger charge is -2.05. The molecule has 0 aliphatic rings. The fourth-order valence-corrected chi connectivity index (χ4v) is 2.04. The Hall–Kier alpha value is -3.03. The van der Waals surface area contributed by atoms with E-state index in [2.05, 4.69) is 15.2 Å². The topological polar surface area (TPSA) is 83.0 Å². The Labute approximate surface area is 130 Å². The van der Waals surface area contributed by atoms with Gasteiger partial charge in [-0.05, 0) is 13.0 Å². The number of hydrogen-bond donors (Lipinski definition) is 0. The van der Waals surface area contributed by atoms with Gasteiger partial charge in [0.05, 0.1) is 13.2 Å². The highest BCUT2D eigenvalue weighted by Gasteiger charge is 2.20. The first-order chi connectivity index (χ1) is 11.2. The molecule has 3 rings (SSSR count). The SMILES string of the molecule is CCOC(=O)c1nc(-c2ccon2)n(Cc2ccccc2F)n1. The maximum atomic E-state index is 13.8. The third kappa shape index (κ3) is 3.10. The van der Waals surface area contributed by atoms with E-state index in [1.807, 2.05) is 0 Å². The standard InChI is InChI=1S/C15H13FN4O3/c1-2-22-15(21)13-17-14(12-7-8-23-19-12)20(18-13)9-10-5-3-4-6-11(10)16/h3-8H,2,9H2,1H3. The van der Waals surface area contributed by atoms with Crippen LogP contribution < -0.4 is 0 Å². The van der Waals surface area contributed by atoms with Crippen LogP contribution >= 0.6 is 0 Å². The second kappa shape index (κ2) is 6.39. The third-order valence-corrected chi connectivity index (χ3v) is 3.07. The molecule has 3 aromatic rings. The molecule has 0 saturated heterocycles. The smallest absolute Gasteiger partial charge is 0.378 e. The van der Waals surface area contributed by atoms with Crippen molar-refractivity contribution in [2.75, 3.05) is 6.61 Å². The van der Waals surface area contributed by atoms with Gasteiger partial charge in [0.1, 0.15) is 12.1 Å². The molecule has 2 aromatic heterocycles. The van der Waals surface area contributed by atoms with E-state index in [-0.39, 0.29) is 24.8 Å². The molecule has 0 radical (unpaired) electrons. The molecule has 0 amide bonds. The molecule has 1 aromatic carbocycles. The number of carbonyl (C=O) groups excluding carboxylic acids is 1. The fourth-order valence-electron chi connectivity index (χ4n) is 2.04. The van der Waals surface area contributed by atoms with Crippen LogP contribution in [0.2, 0.25) is 0 Å². The van der Waals surface area contributed by atoms with Crippen LogP contribution in [-0.4, -0.2) is 32.5 Å². The second-order valence-corrected chi connectivity index (χ2v) is 4.61. The van der Waals surface area contributed by atoms with Crippen molar-refractivity contribution in [3.8, 4) is 11.5 Å². The van der Waals surface area contributed by atoms with Crippen LogP contribution in [0.15, 0.2) is 41.1 Å². The maximum Gasteiger partial charge on any atom is 0.378 e. The van der Waals surface area contributed by atoms with E-state index >= 15 is 0 Å². The van der Waals surface area contributed by atoms with Gasteiger partial charge in [0.2, 0.25) is 0 Å². The summed E-state index contributed by atoms with van der Waals surface area (Å²) in [6.07, 6.45) is 1.38. The van der Waals surface area contributed by atoms with E-state index < -0.39 is 5.97 Å². The number of carbonyl (C=O) groups is 1. The van der Waals surface area contributed by atoms with Gasteiger partial charge < -0.3 is 9.26 Å². The van der Waals surface area contributed by atoms with E-state index in [0.717, 1.165) is 0 Å². The third-order valence-electron chi connectivity index (χ3n) is 3.07. The van der Waals surface area contributed by atoms with Crippen molar-refractivity contribution < 1.29 is 18.4 Å². The molecular weight excluding hydrogens is 303 g/mol. The van der Waals surface area contributed by atoms with Crippen LogP contribution in [0.25, 0.3) is 11.5 Å². The molecule has 7 nitrogen and oxygen atoms in total. The number of esters is 1. The highest BCUT2D eigenvalue weighted by molar-refractivity contribution is 5.85. The molecule has 8 heteroatoms. The molecule has 0 bridgehead atoms. The van der Waals surface area contributed by atoms with Gasteiger partial charge in [0.15, 0.2) is 11.5 Å². The summed E-state index contributed by atoms with van der Waals surface area (Å²) in [5, 5.41) is 7.89. The molecule has 0 aliphatic heterocycles. The number of ether oxygens (including phenoxy) is 1. The molecule has 0 unspecified atom stereocenters. The predicted molar refractivity (Wildman–Crippen MR) is 77.0 cm³/mol. The van der Waals surface area contributed by atoms with Crippen LogP contribution in [0.4, 0.5) is 4.39 Å². The fraction of sp³-hybridized carbons (Fsp3) is 0.200. The number of nitrogens with zero attached hydrogens (tertiary/aromatic N) is 4. The lowest BCUT2D eigenvalue weighted by atomic mass is 10.2. The molecule has 2 heterocycles. The normalized spacial score (nSPS) is 10.7. The minimum absolute atomic E-state index is 0.0985. The molecule has 0 N–H and O–H groups in total. The van der Waals surface area contributed by atoms with E-state index in [4.69, 9.17) is 9.26 Å². The molecular formula is C15H13FN4O3. The summed E-state index contributed by atoms with van der Waals surface area (Å²) in [7, 11) is 0. The average Bonchev–Trinajstić information content (AvgIpc) is 3.19. The first-order valence-electron chi connectivity index (χ1n) is 6.95. The maximum absolute atomic E-state index is 13.8. The van der Waals surface area contributed by atoms with Gasteiger partial charge in [-0.1, -0.05) is 23.4 Å². The molecule has 0 saturated carbocycles. The van der Waals surface area contributed by atoms with Gasteiger partial charge in [0.25, 0.3) is 5.82 Å². The van der Waals surface area contributed by atoms with E-state index in [1.54, 1.807) is 31.2 Å². The van der Waals surface area contributed by atoms with Crippen molar-refractivity contribution in [1.29, 1.82) is 0 Å². The Morgan fingerprint density at radius 2 is 2.17 bits per heavy atom. The molecule has 118 valence electrons. The van der Waals surface area contributed by atoms with Gasteiger partial charge in [-0.15, -0.1) is 5.10 Å². The minimum atomic E-state index is -0.649. The monoisotopic (exact) mass is 316 g/mol. The van der Waals surface area contributed by atoms with Gasteiger partial charge >= 0.3 is 5.97 Å². The summed E-state index contributed by atoms with van der Waals surface area (Å²) >= 11 is 0. The Balaban J connectivity index is 2.00. The number of hydrogen-bond acceptors (Lipinski definition) is 6. The van der Waals surface area contributed by atoms with Crippen molar-refractivity contribution in [2.24, 2.45) is 0 Å². The van der Waals surface area contributed by atoms with Crippen molar-refractivity contribution in [2.45, 2.75) is 13.5 Å². The van der Waals surface area contributed by atoms with Crippen LogP contribution in [0.5, 0.6) is 0 Å². The van der Waals surface area contributed by atoms with Crippen LogP contribution in [-0.2, 0) is 11.3 Å². The van der Waals surface area contributed by atoms with Crippen molar-refractivity contribution in [1.82, 2.24) is 19.9 Å². The summed E-state index contributed by atoms with van der Waals surface area (Å²) in [5.74, 6) is -0.831. The Morgan fingerprint density at radius 3 is 2.87 bits per heavy atom. The van der Waals surface area contributed by atoms with Crippen LogP contribution in [0.1, 0.15) is 23.1 Å². The Morgan fingerprint density at radius 1 is 1.35 bits per heavy atom. The lowest BCUT2D eigenvalue weighted by molar-refractivity contribution is 0.0512. The Kier molecular flexibility index (Phi) is 4.13. The molecule has 23 heavy (non-hydrogen) atoms. The second-order valence-electron chi connectivity index (χ2n) is 4.61. The zero-order valence-corrected chi connectivity index (χ0v) is 12.3. The molecule has 0 fully saturated rings. The largest absolute Gasteiger partial charge is 0.460 e. The summed E-state index contributed by atoms with van der Waals surface area (Å²) in [6.45, 7) is 1.99.